The number of nitrogens with two attached hydrogens (primary N) is 1. The third-order valence-electron chi connectivity index (χ3n) is 4.41. The van der Waals surface area contributed by atoms with Crippen LogP contribution in [0.1, 0.15) is 30.4 Å². The maximum atomic E-state index is 11.4. The lowest BCUT2D eigenvalue weighted by molar-refractivity contribution is -0.113. The van der Waals surface area contributed by atoms with Gasteiger partial charge in [-0.15, -0.1) is 10.6 Å². The topological polar surface area (TPSA) is 86.8 Å². The molecule has 120 valence electrons. The molecule has 0 radical (unpaired) electrons. The maximum absolute atomic E-state index is 11.4. The van der Waals surface area contributed by atoms with E-state index in [0.29, 0.717) is 4.90 Å². The molecule has 4 N–H and O–H groups in total. The van der Waals surface area contributed by atoms with Crippen LogP contribution in [0, 0.1) is 0 Å². The summed E-state index contributed by atoms with van der Waals surface area (Å²) in [6.45, 7) is 3.42. The largest absolute Gasteiger partial charge is 0.364 e. The standard InChI is InChI=1S/C16H22N2O3S/c17-16(19)15-11-13-12(5-3-7-14(13)22(15,20)21)6-4-10-18-8-1-2-9-18/h3,5,7,11,20-21H,1-2,4,6,8-10H2,(H2,17,19). The maximum Gasteiger partial charge on any atom is 0.265 e. The Bertz CT molecular complexity index is 622. The molecule has 0 aromatic heterocycles. The molecule has 1 saturated heterocycles. The number of aryl methyl sites for hydroxylation is 1. The molecule has 2 aliphatic rings. The van der Waals surface area contributed by atoms with E-state index in [9.17, 15) is 13.9 Å². The number of carbonyl (C=O) groups is 1. The van der Waals surface area contributed by atoms with Crippen molar-refractivity contribution in [3.8, 4) is 0 Å². The average Bonchev–Trinajstić information content (AvgIpc) is 3.06. The molecule has 1 fully saturated rings. The number of likely N-dealkylation sites (tertiary alicyclic amines) is 1. The van der Waals surface area contributed by atoms with E-state index in [1.165, 1.54) is 25.9 Å². The summed E-state index contributed by atoms with van der Waals surface area (Å²) in [6.07, 6.45) is 6.00. The lowest BCUT2D eigenvalue weighted by Gasteiger charge is -2.29. The first-order valence-electron chi connectivity index (χ1n) is 7.64. The quantitative estimate of drug-likeness (QED) is 0.778. The first kappa shape index (κ1) is 15.6. The van der Waals surface area contributed by atoms with E-state index in [0.717, 1.165) is 30.5 Å². The van der Waals surface area contributed by atoms with Gasteiger partial charge in [0.25, 0.3) is 5.91 Å². The molecule has 2 aliphatic heterocycles. The van der Waals surface area contributed by atoms with Crippen LogP contribution in [0.3, 0.4) is 0 Å². The van der Waals surface area contributed by atoms with E-state index >= 15 is 0 Å². The Labute approximate surface area is 132 Å². The molecular formula is C16H22N2O3S. The Morgan fingerprint density at radius 3 is 2.68 bits per heavy atom. The number of hydrogen-bond acceptors (Lipinski definition) is 4. The number of primary amides is 1. The summed E-state index contributed by atoms with van der Waals surface area (Å²) < 4.78 is 20.5. The summed E-state index contributed by atoms with van der Waals surface area (Å²) in [5, 5.41) is 0. The number of amides is 1. The van der Waals surface area contributed by atoms with Crippen molar-refractivity contribution in [3.63, 3.8) is 0 Å². The summed E-state index contributed by atoms with van der Waals surface area (Å²) in [4.78, 5) is 14.2. The number of benzene rings is 1. The van der Waals surface area contributed by atoms with Crippen molar-refractivity contribution >= 4 is 22.6 Å². The Balaban J connectivity index is 1.77. The van der Waals surface area contributed by atoms with Gasteiger partial charge in [0.15, 0.2) is 0 Å². The normalized spacial score (nSPS) is 21.5. The predicted octanol–water partition coefficient (Wildman–Crippen LogP) is 2.66. The van der Waals surface area contributed by atoms with E-state index in [-0.39, 0.29) is 4.91 Å². The highest BCUT2D eigenvalue weighted by Gasteiger charge is 2.34. The molecule has 3 rings (SSSR count). The van der Waals surface area contributed by atoms with Gasteiger partial charge in [0, 0.05) is 5.56 Å². The third-order valence-corrected chi connectivity index (χ3v) is 6.31. The molecule has 1 amide bonds. The van der Waals surface area contributed by atoms with Crippen LogP contribution < -0.4 is 5.73 Å². The van der Waals surface area contributed by atoms with Gasteiger partial charge in [-0.25, -0.2) is 0 Å². The number of carbonyl (C=O) groups excluding carboxylic acids is 1. The number of rotatable bonds is 5. The van der Waals surface area contributed by atoms with Crippen molar-refractivity contribution in [2.24, 2.45) is 5.73 Å². The Morgan fingerprint density at radius 1 is 1.27 bits per heavy atom. The second kappa shape index (κ2) is 6.04. The van der Waals surface area contributed by atoms with Gasteiger partial charge in [-0.2, -0.15) is 0 Å². The van der Waals surface area contributed by atoms with E-state index in [1.807, 2.05) is 12.1 Å². The summed E-state index contributed by atoms with van der Waals surface area (Å²) in [5.74, 6) is -0.765. The number of fused-ring (bicyclic) bond motifs is 1. The van der Waals surface area contributed by atoms with Gasteiger partial charge in [0.2, 0.25) is 0 Å². The second-order valence-electron chi connectivity index (χ2n) is 5.90. The van der Waals surface area contributed by atoms with Gasteiger partial charge >= 0.3 is 0 Å². The molecule has 0 spiro atoms. The van der Waals surface area contributed by atoms with Crippen LogP contribution in [0.4, 0.5) is 0 Å². The van der Waals surface area contributed by atoms with Crippen molar-refractivity contribution in [2.45, 2.75) is 30.6 Å². The smallest absolute Gasteiger partial charge is 0.265 e. The molecule has 2 heterocycles. The number of nitrogens with zero attached hydrogens (tertiary/aromatic N) is 1. The molecule has 0 unspecified atom stereocenters. The summed E-state index contributed by atoms with van der Waals surface area (Å²) in [7, 11) is -3.23. The average molecular weight is 322 g/mol. The monoisotopic (exact) mass is 322 g/mol. The van der Waals surface area contributed by atoms with Crippen molar-refractivity contribution in [2.75, 3.05) is 19.6 Å². The van der Waals surface area contributed by atoms with Gasteiger partial charge in [0.05, 0.1) is 4.90 Å². The molecule has 0 atom stereocenters. The fraction of sp³-hybridized carbons (Fsp3) is 0.438. The van der Waals surface area contributed by atoms with Gasteiger partial charge in [-0.1, -0.05) is 12.1 Å². The zero-order valence-electron chi connectivity index (χ0n) is 12.5. The van der Waals surface area contributed by atoms with Crippen molar-refractivity contribution in [1.82, 2.24) is 4.90 Å². The summed E-state index contributed by atoms with van der Waals surface area (Å²) in [5.41, 5.74) is 7.08. The Hall–Kier alpha value is -1.34. The van der Waals surface area contributed by atoms with Crippen LogP contribution in [0.5, 0.6) is 0 Å². The van der Waals surface area contributed by atoms with Crippen LogP contribution in [0.25, 0.3) is 6.08 Å². The number of hydrogen-bond donors (Lipinski definition) is 3. The summed E-state index contributed by atoms with van der Waals surface area (Å²) >= 11 is 0. The highest BCUT2D eigenvalue weighted by Crippen LogP contribution is 2.61. The zero-order chi connectivity index (χ0) is 15.7. The van der Waals surface area contributed by atoms with Crippen LogP contribution in [0.15, 0.2) is 28.0 Å². The molecule has 1 aromatic carbocycles. The van der Waals surface area contributed by atoms with Crippen LogP contribution in [-0.4, -0.2) is 39.5 Å². The Morgan fingerprint density at radius 2 is 2.00 bits per heavy atom. The van der Waals surface area contributed by atoms with Crippen molar-refractivity contribution in [3.05, 3.63) is 34.2 Å². The third kappa shape index (κ3) is 2.79. The van der Waals surface area contributed by atoms with E-state index in [2.05, 4.69) is 4.90 Å². The lowest BCUT2D eigenvalue weighted by atomic mass is 10.0. The molecule has 0 aliphatic carbocycles. The van der Waals surface area contributed by atoms with Crippen LogP contribution >= 0.6 is 10.6 Å². The minimum Gasteiger partial charge on any atom is -0.364 e. The van der Waals surface area contributed by atoms with Gasteiger partial charge in [-0.05, 0) is 63.0 Å². The first-order chi connectivity index (χ1) is 10.5. The van der Waals surface area contributed by atoms with Crippen molar-refractivity contribution in [1.29, 1.82) is 0 Å². The van der Waals surface area contributed by atoms with Crippen LogP contribution in [0.2, 0.25) is 0 Å². The van der Waals surface area contributed by atoms with E-state index in [1.54, 1.807) is 12.1 Å². The predicted molar refractivity (Wildman–Crippen MR) is 88.7 cm³/mol. The molecule has 1 aromatic rings. The molecule has 0 bridgehead atoms. The second-order valence-corrected chi connectivity index (χ2v) is 7.88. The SMILES string of the molecule is NC(=O)C1=Cc2c(CCCN3CCCC3)cccc2S1(O)O. The molecule has 22 heavy (non-hydrogen) atoms. The molecule has 6 heteroatoms. The van der Waals surface area contributed by atoms with Gasteiger partial charge in [0.1, 0.15) is 4.91 Å². The first-order valence-corrected chi connectivity index (χ1v) is 9.19. The fourth-order valence-corrected chi connectivity index (χ4v) is 4.83. The lowest BCUT2D eigenvalue weighted by Crippen LogP contribution is -2.20. The van der Waals surface area contributed by atoms with Gasteiger partial charge in [-0.3, -0.25) is 13.9 Å². The van der Waals surface area contributed by atoms with E-state index < -0.39 is 16.5 Å². The minimum absolute atomic E-state index is 0.0745. The zero-order valence-corrected chi connectivity index (χ0v) is 13.3. The van der Waals surface area contributed by atoms with Gasteiger partial charge < -0.3 is 10.6 Å². The van der Waals surface area contributed by atoms with Crippen molar-refractivity contribution < 1.29 is 13.9 Å². The molecule has 0 saturated carbocycles. The molecular weight excluding hydrogens is 300 g/mol. The summed E-state index contributed by atoms with van der Waals surface area (Å²) in [6, 6.07) is 5.47. The highest BCUT2D eigenvalue weighted by atomic mass is 32.3. The van der Waals surface area contributed by atoms with E-state index in [4.69, 9.17) is 5.73 Å². The minimum atomic E-state index is -3.23. The fourth-order valence-electron chi connectivity index (χ4n) is 3.26. The Kier molecular flexibility index (Phi) is 4.27. The highest BCUT2D eigenvalue weighted by molar-refractivity contribution is 8.28. The van der Waals surface area contributed by atoms with Crippen LogP contribution in [-0.2, 0) is 11.2 Å². The molecule has 5 nitrogen and oxygen atoms in total.